The zero-order chi connectivity index (χ0) is 28.1. The second-order valence-corrected chi connectivity index (χ2v) is 10.1. The number of benzene rings is 3. The highest BCUT2D eigenvalue weighted by Crippen LogP contribution is 2.39. The highest BCUT2D eigenvalue weighted by atomic mass is 35.5. The minimum absolute atomic E-state index is 0. The standard InChI is InChI=1S/C31H29ClF3N3O2.ClH/c32-25-11-9-24(10-12-25)28-14-13-27(38(28)29-4-2-1-3-26(29)31(33,34)35)23-7-5-22(6-8-23)21-30(39)36-15-16-37-17-19-40-20-18-37;/h1-14H,15-21H2,(H,36,39);1H. The van der Waals surface area contributed by atoms with E-state index in [1.54, 1.807) is 34.9 Å². The number of hydrogen-bond acceptors (Lipinski definition) is 3. The van der Waals surface area contributed by atoms with Crippen LogP contribution in [0.15, 0.2) is 84.9 Å². The fourth-order valence-corrected chi connectivity index (χ4v) is 5.02. The predicted octanol–water partition coefficient (Wildman–Crippen LogP) is 6.90. The average Bonchev–Trinajstić information content (AvgIpc) is 3.39. The maximum absolute atomic E-state index is 14.1. The number of carbonyl (C=O) groups is 1. The maximum atomic E-state index is 14.1. The summed E-state index contributed by atoms with van der Waals surface area (Å²) in [5.41, 5.74) is 2.79. The van der Waals surface area contributed by atoms with E-state index in [1.165, 1.54) is 12.1 Å². The van der Waals surface area contributed by atoms with E-state index in [1.807, 2.05) is 36.4 Å². The molecule has 0 spiro atoms. The Hall–Kier alpha value is -3.30. The molecule has 0 atom stereocenters. The number of amides is 1. The lowest BCUT2D eigenvalue weighted by Gasteiger charge is -2.26. The molecule has 1 aromatic heterocycles. The lowest BCUT2D eigenvalue weighted by Crippen LogP contribution is -2.41. The van der Waals surface area contributed by atoms with E-state index >= 15 is 0 Å². The Bertz CT molecular complexity index is 1450. The number of aromatic nitrogens is 1. The summed E-state index contributed by atoms with van der Waals surface area (Å²) < 4.78 is 49.1. The van der Waals surface area contributed by atoms with E-state index in [-0.39, 0.29) is 30.4 Å². The van der Waals surface area contributed by atoms with E-state index in [0.717, 1.165) is 42.4 Å². The van der Waals surface area contributed by atoms with E-state index in [0.29, 0.717) is 36.2 Å². The second kappa shape index (κ2) is 13.6. The molecule has 1 fully saturated rings. The van der Waals surface area contributed by atoms with Gasteiger partial charge in [-0.3, -0.25) is 9.69 Å². The number of nitrogens with zero attached hydrogens (tertiary/aromatic N) is 2. The van der Waals surface area contributed by atoms with E-state index < -0.39 is 11.7 Å². The molecule has 1 aliphatic heterocycles. The summed E-state index contributed by atoms with van der Waals surface area (Å²) in [5.74, 6) is -0.0755. The molecule has 2 heterocycles. The van der Waals surface area contributed by atoms with Crippen molar-refractivity contribution in [3.05, 3.63) is 101 Å². The first kappa shape index (κ1) is 30.7. The van der Waals surface area contributed by atoms with Crippen LogP contribution in [0.4, 0.5) is 13.2 Å². The molecule has 1 N–H and O–H groups in total. The zero-order valence-corrected chi connectivity index (χ0v) is 23.7. The number of rotatable bonds is 8. The lowest BCUT2D eigenvalue weighted by atomic mass is 10.1. The molecule has 0 bridgehead atoms. The van der Waals surface area contributed by atoms with Crippen molar-refractivity contribution < 1.29 is 22.7 Å². The van der Waals surface area contributed by atoms with Crippen LogP contribution in [0.5, 0.6) is 0 Å². The van der Waals surface area contributed by atoms with Crippen molar-refractivity contribution in [3.63, 3.8) is 0 Å². The Morgan fingerprint density at radius 1 is 0.854 bits per heavy atom. The number of halogens is 5. The van der Waals surface area contributed by atoms with Gasteiger partial charge < -0.3 is 14.6 Å². The fourth-order valence-electron chi connectivity index (χ4n) is 4.90. The number of ether oxygens (including phenoxy) is 1. The molecule has 5 rings (SSSR count). The molecular weight excluding hydrogens is 574 g/mol. The van der Waals surface area contributed by atoms with Crippen LogP contribution in [-0.4, -0.2) is 54.8 Å². The topological polar surface area (TPSA) is 46.5 Å². The van der Waals surface area contributed by atoms with Crippen molar-refractivity contribution >= 4 is 29.9 Å². The van der Waals surface area contributed by atoms with Gasteiger partial charge in [-0.05, 0) is 53.1 Å². The summed E-state index contributed by atoms with van der Waals surface area (Å²) in [4.78, 5) is 14.7. The van der Waals surface area contributed by atoms with Crippen molar-refractivity contribution in [1.29, 1.82) is 0 Å². The number of nitrogens with one attached hydrogen (secondary N) is 1. The first-order valence-electron chi connectivity index (χ1n) is 13.1. The van der Waals surface area contributed by atoms with Crippen LogP contribution in [0.25, 0.3) is 28.2 Å². The average molecular weight is 604 g/mol. The number of hydrogen-bond donors (Lipinski definition) is 1. The summed E-state index contributed by atoms with van der Waals surface area (Å²) >= 11 is 6.07. The predicted molar refractivity (Wildman–Crippen MR) is 158 cm³/mol. The highest BCUT2D eigenvalue weighted by molar-refractivity contribution is 6.30. The van der Waals surface area contributed by atoms with E-state index in [9.17, 15) is 18.0 Å². The first-order chi connectivity index (χ1) is 19.3. The Balaban J connectivity index is 0.00000387. The number of alkyl halides is 3. The van der Waals surface area contributed by atoms with Gasteiger partial charge in [-0.25, -0.2) is 0 Å². The Morgan fingerprint density at radius 2 is 1.44 bits per heavy atom. The third-order valence-electron chi connectivity index (χ3n) is 6.94. The highest BCUT2D eigenvalue weighted by Gasteiger charge is 2.34. The van der Waals surface area contributed by atoms with Gasteiger partial charge in [0, 0.05) is 31.2 Å². The molecular formula is C31H30Cl2F3N3O2. The van der Waals surface area contributed by atoms with Gasteiger partial charge in [0.25, 0.3) is 0 Å². The van der Waals surface area contributed by atoms with Gasteiger partial charge in [0.2, 0.25) is 5.91 Å². The number of carbonyl (C=O) groups excluding carboxylic acids is 1. The van der Waals surface area contributed by atoms with Gasteiger partial charge >= 0.3 is 6.18 Å². The molecule has 0 saturated carbocycles. The quantitative estimate of drug-likeness (QED) is 0.238. The van der Waals surface area contributed by atoms with Gasteiger partial charge in [-0.1, -0.05) is 60.1 Å². The van der Waals surface area contributed by atoms with Crippen molar-refractivity contribution in [2.24, 2.45) is 0 Å². The lowest BCUT2D eigenvalue weighted by molar-refractivity contribution is -0.137. The molecule has 1 amide bonds. The van der Waals surface area contributed by atoms with Crippen LogP contribution in [-0.2, 0) is 22.1 Å². The van der Waals surface area contributed by atoms with Crippen molar-refractivity contribution in [2.45, 2.75) is 12.6 Å². The monoisotopic (exact) mass is 603 g/mol. The van der Waals surface area contributed by atoms with Crippen LogP contribution >= 0.6 is 24.0 Å². The molecule has 3 aromatic carbocycles. The smallest absolute Gasteiger partial charge is 0.379 e. The second-order valence-electron chi connectivity index (χ2n) is 9.64. The molecule has 41 heavy (non-hydrogen) atoms. The van der Waals surface area contributed by atoms with Gasteiger partial charge in [-0.2, -0.15) is 13.2 Å². The van der Waals surface area contributed by atoms with Crippen LogP contribution in [0.3, 0.4) is 0 Å². The zero-order valence-electron chi connectivity index (χ0n) is 22.2. The normalized spacial score (nSPS) is 14.0. The molecule has 0 radical (unpaired) electrons. The van der Waals surface area contributed by atoms with Crippen LogP contribution in [0.1, 0.15) is 11.1 Å². The molecule has 0 aliphatic carbocycles. The minimum atomic E-state index is -4.53. The van der Waals surface area contributed by atoms with Gasteiger partial charge in [0.15, 0.2) is 0 Å². The molecule has 1 saturated heterocycles. The van der Waals surface area contributed by atoms with Crippen LogP contribution in [0.2, 0.25) is 5.02 Å². The summed E-state index contributed by atoms with van der Waals surface area (Å²) in [6.45, 7) is 4.51. The summed E-state index contributed by atoms with van der Waals surface area (Å²) in [7, 11) is 0. The van der Waals surface area contributed by atoms with Gasteiger partial charge in [-0.15, -0.1) is 12.4 Å². The molecule has 10 heteroatoms. The third-order valence-corrected chi connectivity index (χ3v) is 7.19. The third kappa shape index (κ3) is 7.51. The van der Waals surface area contributed by atoms with E-state index in [2.05, 4.69) is 10.2 Å². The van der Waals surface area contributed by atoms with Crippen LogP contribution in [0, 0.1) is 0 Å². The molecule has 4 aromatic rings. The van der Waals surface area contributed by atoms with Crippen molar-refractivity contribution in [1.82, 2.24) is 14.8 Å². The molecule has 1 aliphatic rings. The van der Waals surface area contributed by atoms with Gasteiger partial charge in [0.05, 0.1) is 42.3 Å². The molecule has 216 valence electrons. The largest absolute Gasteiger partial charge is 0.418 e. The molecule has 5 nitrogen and oxygen atoms in total. The minimum Gasteiger partial charge on any atom is -0.379 e. The maximum Gasteiger partial charge on any atom is 0.418 e. The summed E-state index contributed by atoms with van der Waals surface area (Å²) in [5, 5.41) is 3.50. The summed E-state index contributed by atoms with van der Waals surface area (Å²) in [6.07, 6.45) is -4.31. The first-order valence-corrected chi connectivity index (χ1v) is 13.5. The van der Waals surface area contributed by atoms with Crippen molar-refractivity contribution in [3.8, 4) is 28.2 Å². The SMILES string of the molecule is Cl.O=C(Cc1ccc(-c2ccc(-c3ccc(Cl)cc3)n2-c2ccccc2C(F)(F)F)cc1)NCCN1CCOCC1. The Kier molecular flexibility index (Phi) is 10.1. The Morgan fingerprint density at radius 3 is 2.05 bits per heavy atom. The summed E-state index contributed by atoms with van der Waals surface area (Å²) in [6, 6.07) is 23.5. The van der Waals surface area contributed by atoms with Crippen molar-refractivity contribution in [2.75, 3.05) is 39.4 Å². The Labute approximate surface area is 248 Å². The molecule has 0 unspecified atom stereocenters. The fraction of sp³-hybridized carbons (Fsp3) is 0.258. The van der Waals surface area contributed by atoms with Gasteiger partial charge in [0.1, 0.15) is 0 Å². The van der Waals surface area contributed by atoms with E-state index in [4.69, 9.17) is 16.3 Å². The number of para-hydroxylation sites is 1. The van der Waals surface area contributed by atoms with Crippen LogP contribution < -0.4 is 5.32 Å². The number of morpholine rings is 1.